The molecule has 5 nitrogen and oxygen atoms in total. The van der Waals surface area contributed by atoms with Crippen molar-refractivity contribution in [3.63, 3.8) is 0 Å². The first-order chi connectivity index (χ1) is 13.4. The highest BCUT2D eigenvalue weighted by molar-refractivity contribution is 5.88. The lowest BCUT2D eigenvalue weighted by Crippen LogP contribution is -2.49. The summed E-state index contributed by atoms with van der Waals surface area (Å²) in [6, 6.07) is 17.0. The van der Waals surface area contributed by atoms with Gasteiger partial charge in [0.2, 0.25) is 11.8 Å². The second-order valence-corrected chi connectivity index (χ2v) is 7.17. The predicted octanol–water partition coefficient (Wildman–Crippen LogP) is 3.43. The molecule has 2 aromatic rings. The molecule has 0 spiro atoms. The molecule has 1 atom stereocenters. The lowest BCUT2D eigenvalue weighted by Gasteiger charge is -2.30. The van der Waals surface area contributed by atoms with Crippen LogP contribution in [0.25, 0.3) is 0 Å². The van der Waals surface area contributed by atoms with Crippen molar-refractivity contribution in [2.24, 2.45) is 5.92 Å². The number of carbonyl (C=O) groups is 2. The van der Waals surface area contributed by atoms with Gasteiger partial charge in [-0.1, -0.05) is 56.3 Å². The molecule has 0 heterocycles. The van der Waals surface area contributed by atoms with Crippen LogP contribution in [0.4, 0.5) is 0 Å². The third-order valence-electron chi connectivity index (χ3n) is 4.69. The highest BCUT2D eigenvalue weighted by Gasteiger charge is 2.27. The zero-order valence-electron chi connectivity index (χ0n) is 17.1. The third-order valence-corrected chi connectivity index (χ3v) is 4.69. The molecule has 2 rings (SSSR count). The van der Waals surface area contributed by atoms with Gasteiger partial charge in [0, 0.05) is 19.0 Å². The zero-order chi connectivity index (χ0) is 20.5. The Morgan fingerprint density at radius 3 is 2.18 bits per heavy atom. The minimum Gasteiger partial charge on any atom is -0.497 e. The lowest BCUT2D eigenvalue weighted by molar-refractivity contribution is -0.143. The van der Waals surface area contributed by atoms with Gasteiger partial charge in [-0.25, -0.2) is 0 Å². The Kier molecular flexibility index (Phi) is 8.05. The van der Waals surface area contributed by atoms with E-state index in [1.165, 1.54) is 0 Å². The van der Waals surface area contributed by atoms with Gasteiger partial charge in [0.25, 0.3) is 0 Å². The molecule has 0 radical (unpaired) electrons. The summed E-state index contributed by atoms with van der Waals surface area (Å²) in [6.07, 6.45) is 0.721. The molecular weight excluding hydrogens is 352 g/mol. The zero-order valence-corrected chi connectivity index (χ0v) is 17.1. The monoisotopic (exact) mass is 382 g/mol. The minimum atomic E-state index is -0.536. The van der Waals surface area contributed by atoms with Crippen LogP contribution in [0.15, 0.2) is 54.6 Å². The largest absolute Gasteiger partial charge is 0.497 e. The van der Waals surface area contributed by atoms with Crippen molar-refractivity contribution < 1.29 is 14.3 Å². The fourth-order valence-electron chi connectivity index (χ4n) is 2.93. The van der Waals surface area contributed by atoms with Gasteiger partial charge in [0.05, 0.1) is 7.11 Å². The van der Waals surface area contributed by atoms with Gasteiger partial charge in [0.15, 0.2) is 0 Å². The van der Waals surface area contributed by atoms with E-state index in [1.54, 1.807) is 18.9 Å². The predicted molar refractivity (Wildman–Crippen MR) is 111 cm³/mol. The standard InChI is InChI=1S/C23H30N2O3/c1-17(2)23(27)25(16-20-8-6-5-7-9-20)18(3)22(26)24-15-14-19-10-12-21(28-4)13-11-19/h5-13,17-18H,14-16H2,1-4H3,(H,24,26)/t18-/m1/s1. The Balaban J connectivity index is 1.96. The van der Waals surface area contributed by atoms with Crippen LogP contribution < -0.4 is 10.1 Å². The van der Waals surface area contributed by atoms with Gasteiger partial charge in [-0.3, -0.25) is 9.59 Å². The van der Waals surface area contributed by atoms with Crippen molar-refractivity contribution in [1.29, 1.82) is 0 Å². The maximum atomic E-state index is 12.7. The number of ether oxygens (including phenoxy) is 1. The van der Waals surface area contributed by atoms with Crippen molar-refractivity contribution in [2.45, 2.75) is 39.8 Å². The normalized spacial score (nSPS) is 11.8. The highest BCUT2D eigenvalue weighted by Crippen LogP contribution is 2.14. The molecule has 0 unspecified atom stereocenters. The van der Waals surface area contributed by atoms with Crippen LogP contribution in [0.5, 0.6) is 5.75 Å². The molecule has 150 valence electrons. The molecular formula is C23H30N2O3. The molecule has 28 heavy (non-hydrogen) atoms. The first-order valence-electron chi connectivity index (χ1n) is 9.67. The quantitative estimate of drug-likeness (QED) is 0.723. The van der Waals surface area contributed by atoms with Crippen LogP contribution in [0.3, 0.4) is 0 Å². The van der Waals surface area contributed by atoms with Crippen LogP contribution in [-0.2, 0) is 22.6 Å². The summed E-state index contributed by atoms with van der Waals surface area (Å²) in [5, 5.41) is 2.96. The number of nitrogens with one attached hydrogen (secondary N) is 1. The molecule has 0 saturated carbocycles. The van der Waals surface area contributed by atoms with E-state index in [0.717, 1.165) is 23.3 Å². The molecule has 0 saturated heterocycles. The Bertz CT molecular complexity index is 757. The number of hydrogen-bond donors (Lipinski definition) is 1. The van der Waals surface area contributed by atoms with E-state index in [1.807, 2.05) is 68.4 Å². The second kappa shape index (κ2) is 10.5. The number of methoxy groups -OCH3 is 1. The van der Waals surface area contributed by atoms with Crippen LogP contribution in [0.1, 0.15) is 31.9 Å². The SMILES string of the molecule is COc1ccc(CCNC(=O)[C@@H](C)N(Cc2ccccc2)C(=O)C(C)C)cc1. The number of benzene rings is 2. The van der Waals surface area contributed by atoms with E-state index >= 15 is 0 Å². The third kappa shape index (κ3) is 6.12. The average molecular weight is 383 g/mol. The molecule has 0 aromatic heterocycles. The van der Waals surface area contributed by atoms with Crippen molar-refractivity contribution in [2.75, 3.05) is 13.7 Å². The maximum absolute atomic E-state index is 12.7. The Labute approximate surface area is 167 Å². The summed E-state index contributed by atoms with van der Waals surface area (Å²) < 4.78 is 5.15. The fourth-order valence-corrected chi connectivity index (χ4v) is 2.93. The topological polar surface area (TPSA) is 58.6 Å². The molecule has 2 amide bonds. The summed E-state index contributed by atoms with van der Waals surface area (Å²) in [7, 11) is 1.64. The second-order valence-electron chi connectivity index (χ2n) is 7.17. The van der Waals surface area contributed by atoms with Gasteiger partial charge in [-0.15, -0.1) is 0 Å². The number of hydrogen-bond acceptors (Lipinski definition) is 3. The fraction of sp³-hybridized carbons (Fsp3) is 0.391. The van der Waals surface area contributed by atoms with Gasteiger partial charge in [-0.2, -0.15) is 0 Å². The Hall–Kier alpha value is -2.82. The summed E-state index contributed by atoms with van der Waals surface area (Å²) in [5.74, 6) is 0.475. The molecule has 0 aliphatic rings. The van der Waals surface area contributed by atoms with Crippen LogP contribution in [-0.4, -0.2) is 36.4 Å². The molecule has 0 bridgehead atoms. The summed E-state index contributed by atoms with van der Waals surface area (Å²) in [4.78, 5) is 27.0. The first-order valence-corrected chi connectivity index (χ1v) is 9.67. The van der Waals surface area contributed by atoms with Crippen LogP contribution in [0, 0.1) is 5.92 Å². The Morgan fingerprint density at radius 2 is 1.61 bits per heavy atom. The van der Waals surface area contributed by atoms with E-state index in [4.69, 9.17) is 4.74 Å². The van der Waals surface area contributed by atoms with Gasteiger partial charge >= 0.3 is 0 Å². The van der Waals surface area contributed by atoms with Crippen molar-refractivity contribution in [3.05, 3.63) is 65.7 Å². The van der Waals surface area contributed by atoms with E-state index in [-0.39, 0.29) is 17.7 Å². The van der Waals surface area contributed by atoms with Crippen molar-refractivity contribution >= 4 is 11.8 Å². The lowest BCUT2D eigenvalue weighted by atomic mass is 10.1. The summed E-state index contributed by atoms with van der Waals surface area (Å²) >= 11 is 0. The van der Waals surface area contributed by atoms with Crippen molar-refractivity contribution in [1.82, 2.24) is 10.2 Å². The van der Waals surface area contributed by atoms with Gasteiger partial charge < -0.3 is 15.0 Å². The molecule has 5 heteroatoms. The number of rotatable bonds is 9. The van der Waals surface area contributed by atoms with Gasteiger partial charge in [0.1, 0.15) is 11.8 Å². The number of carbonyl (C=O) groups excluding carboxylic acids is 2. The number of nitrogens with zero attached hydrogens (tertiary/aromatic N) is 1. The Morgan fingerprint density at radius 1 is 0.964 bits per heavy atom. The van der Waals surface area contributed by atoms with Crippen LogP contribution in [0.2, 0.25) is 0 Å². The van der Waals surface area contributed by atoms with Crippen molar-refractivity contribution in [3.8, 4) is 5.75 Å². The summed E-state index contributed by atoms with van der Waals surface area (Å²) in [5.41, 5.74) is 2.13. The van der Waals surface area contributed by atoms with E-state index in [2.05, 4.69) is 5.32 Å². The minimum absolute atomic E-state index is 0.0262. The van der Waals surface area contributed by atoms with E-state index in [0.29, 0.717) is 13.1 Å². The van der Waals surface area contributed by atoms with E-state index in [9.17, 15) is 9.59 Å². The smallest absolute Gasteiger partial charge is 0.242 e. The highest BCUT2D eigenvalue weighted by atomic mass is 16.5. The summed E-state index contributed by atoms with van der Waals surface area (Å²) in [6.45, 7) is 6.44. The van der Waals surface area contributed by atoms with E-state index < -0.39 is 6.04 Å². The molecule has 0 aliphatic heterocycles. The molecule has 2 aromatic carbocycles. The molecule has 1 N–H and O–H groups in total. The van der Waals surface area contributed by atoms with Gasteiger partial charge in [-0.05, 0) is 36.6 Å². The van der Waals surface area contributed by atoms with Crippen LogP contribution >= 0.6 is 0 Å². The molecule has 0 aliphatic carbocycles. The maximum Gasteiger partial charge on any atom is 0.242 e. The number of amides is 2. The first kappa shape index (κ1) is 21.5. The molecule has 0 fully saturated rings. The average Bonchev–Trinajstić information content (AvgIpc) is 2.72.